The molecule has 192 valence electrons. The molecule has 2 atom stereocenters. The maximum atomic E-state index is 13.7. The molecule has 4 rings (SSSR count). The predicted octanol–water partition coefficient (Wildman–Crippen LogP) is 2.70. The Hall–Kier alpha value is -3.23. The minimum Gasteiger partial charge on any atom is -0.497 e. The third kappa shape index (κ3) is 5.15. The van der Waals surface area contributed by atoms with Crippen molar-refractivity contribution in [2.24, 2.45) is 5.92 Å². The van der Waals surface area contributed by atoms with Crippen molar-refractivity contribution in [3.63, 3.8) is 0 Å². The molecule has 8 nitrogen and oxygen atoms in total. The van der Waals surface area contributed by atoms with E-state index in [2.05, 4.69) is 0 Å². The molecule has 2 aromatic rings. The van der Waals surface area contributed by atoms with Crippen LogP contribution in [0.4, 0.5) is 0 Å². The highest BCUT2D eigenvalue weighted by Crippen LogP contribution is 2.42. The summed E-state index contributed by atoms with van der Waals surface area (Å²) in [6.07, 6.45) is 0.592. The van der Waals surface area contributed by atoms with Crippen LogP contribution in [-0.2, 0) is 24.5 Å². The number of benzene rings is 2. The van der Waals surface area contributed by atoms with Crippen molar-refractivity contribution in [3.05, 3.63) is 65.7 Å². The number of ether oxygens (including phenoxy) is 2. The zero-order chi connectivity index (χ0) is 25.7. The van der Waals surface area contributed by atoms with Gasteiger partial charge in [-0.1, -0.05) is 42.5 Å². The minimum atomic E-state index is -1.28. The SMILES string of the molecule is COCCN1C(=O)C[C@@](CC(=O)N2CCC([C@H](O)c3ccccc3)CC2)(c2cccc(OC)c2)C1=O. The Bertz CT molecular complexity index is 1080. The number of nitrogens with zero attached hydrogens (tertiary/aromatic N) is 2. The van der Waals surface area contributed by atoms with E-state index in [0.717, 1.165) is 5.56 Å². The van der Waals surface area contributed by atoms with E-state index in [1.807, 2.05) is 30.3 Å². The second-order valence-electron chi connectivity index (χ2n) is 9.58. The van der Waals surface area contributed by atoms with Crippen LogP contribution in [0.1, 0.15) is 42.9 Å². The van der Waals surface area contributed by atoms with Crippen LogP contribution in [0.15, 0.2) is 54.6 Å². The van der Waals surface area contributed by atoms with Crippen LogP contribution in [0.25, 0.3) is 0 Å². The first-order chi connectivity index (χ1) is 17.4. The summed E-state index contributed by atoms with van der Waals surface area (Å²) in [6, 6.07) is 16.6. The zero-order valence-corrected chi connectivity index (χ0v) is 20.9. The van der Waals surface area contributed by atoms with E-state index in [9.17, 15) is 19.5 Å². The molecule has 2 aromatic carbocycles. The maximum Gasteiger partial charge on any atom is 0.240 e. The van der Waals surface area contributed by atoms with Crippen LogP contribution in [0.5, 0.6) is 5.75 Å². The van der Waals surface area contributed by atoms with Crippen molar-refractivity contribution in [2.45, 2.75) is 37.2 Å². The third-order valence-corrected chi connectivity index (χ3v) is 7.48. The fourth-order valence-corrected chi connectivity index (χ4v) is 5.35. The molecule has 0 aromatic heterocycles. The smallest absolute Gasteiger partial charge is 0.240 e. The Morgan fingerprint density at radius 3 is 2.47 bits per heavy atom. The Morgan fingerprint density at radius 1 is 1.08 bits per heavy atom. The molecule has 2 heterocycles. The topological polar surface area (TPSA) is 96.4 Å². The molecule has 1 N–H and O–H groups in total. The number of aliphatic hydroxyl groups is 1. The second-order valence-corrected chi connectivity index (χ2v) is 9.58. The molecule has 2 aliphatic heterocycles. The van der Waals surface area contributed by atoms with Gasteiger partial charge in [-0.05, 0) is 42.0 Å². The first-order valence-electron chi connectivity index (χ1n) is 12.4. The second kappa shape index (κ2) is 11.2. The average molecular weight is 495 g/mol. The number of imide groups is 1. The van der Waals surface area contributed by atoms with Gasteiger partial charge in [-0.3, -0.25) is 19.3 Å². The normalized spacial score (nSPS) is 21.6. The molecule has 0 bridgehead atoms. The lowest BCUT2D eigenvalue weighted by atomic mass is 9.75. The van der Waals surface area contributed by atoms with E-state index in [1.165, 1.54) is 19.1 Å². The summed E-state index contributed by atoms with van der Waals surface area (Å²) in [5.41, 5.74) is 0.199. The van der Waals surface area contributed by atoms with Crippen molar-refractivity contribution >= 4 is 17.7 Å². The van der Waals surface area contributed by atoms with E-state index < -0.39 is 11.5 Å². The van der Waals surface area contributed by atoms with Gasteiger partial charge >= 0.3 is 0 Å². The van der Waals surface area contributed by atoms with Crippen molar-refractivity contribution < 1.29 is 29.0 Å². The van der Waals surface area contributed by atoms with Gasteiger partial charge in [0.25, 0.3) is 0 Å². The number of aliphatic hydroxyl groups excluding tert-OH is 1. The largest absolute Gasteiger partial charge is 0.497 e. The van der Waals surface area contributed by atoms with Crippen LogP contribution in [0.2, 0.25) is 0 Å². The summed E-state index contributed by atoms with van der Waals surface area (Å²) in [5.74, 6) is -0.230. The quantitative estimate of drug-likeness (QED) is 0.539. The number of hydrogen-bond acceptors (Lipinski definition) is 6. The fourth-order valence-electron chi connectivity index (χ4n) is 5.35. The molecule has 2 saturated heterocycles. The van der Waals surface area contributed by atoms with Crippen LogP contribution in [0, 0.1) is 5.92 Å². The monoisotopic (exact) mass is 494 g/mol. The lowest BCUT2D eigenvalue weighted by Crippen LogP contribution is -2.46. The van der Waals surface area contributed by atoms with Gasteiger partial charge in [0, 0.05) is 33.0 Å². The molecular formula is C28H34N2O6. The number of amides is 3. The summed E-state index contributed by atoms with van der Waals surface area (Å²) in [6.45, 7) is 1.38. The summed E-state index contributed by atoms with van der Waals surface area (Å²) < 4.78 is 10.4. The third-order valence-electron chi connectivity index (χ3n) is 7.48. The van der Waals surface area contributed by atoms with Gasteiger partial charge in [0.2, 0.25) is 17.7 Å². The number of carbonyl (C=O) groups is 3. The summed E-state index contributed by atoms with van der Waals surface area (Å²) in [7, 11) is 3.06. The molecule has 0 unspecified atom stereocenters. The van der Waals surface area contributed by atoms with Gasteiger partial charge in [-0.15, -0.1) is 0 Å². The number of rotatable bonds is 9. The lowest BCUT2D eigenvalue weighted by molar-refractivity contribution is -0.143. The number of piperidine rings is 1. The summed E-state index contributed by atoms with van der Waals surface area (Å²) in [4.78, 5) is 43.1. The van der Waals surface area contributed by atoms with E-state index in [-0.39, 0.29) is 49.6 Å². The van der Waals surface area contributed by atoms with Crippen LogP contribution >= 0.6 is 0 Å². The van der Waals surface area contributed by atoms with Crippen LogP contribution in [0.3, 0.4) is 0 Å². The number of likely N-dealkylation sites (tertiary alicyclic amines) is 2. The van der Waals surface area contributed by atoms with Gasteiger partial charge in [0.15, 0.2) is 0 Å². The number of carbonyl (C=O) groups excluding carboxylic acids is 3. The van der Waals surface area contributed by atoms with Gasteiger partial charge in [0.05, 0.1) is 31.8 Å². The van der Waals surface area contributed by atoms with Crippen LogP contribution < -0.4 is 4.74 Å². The summed E-state index contributed by atoms with van der Waals surface area (Å²) >= 11 is 0. The van der Waals surface area contributed by atoms with E-state index in [4.69, 9.17) is 9.47 Å². The van der Waals surface area contributed by atoms with Gasteiger partial charge < -0.3 is 19.5 Å². The van der Waals surface area contributed by atoms with E-state index in [1.54, 1.807) is 29.2 Å². The van der Waals surface area contributed by atoms with Crippen molar-refractivity contribution in [1.82, 2.24) is 9.80 Å². The molecule has 36 heavy (non-hydrogen) atoms. The molecule has 0 radical (unpaired) electrons. The molecular weight excluding hydrogens is 460 g/mol. The fraction of sp³-hybridized carbons (Fsp3) is 0.464. The highest BCUT2D eigenvalue weighted by molar-refractivity contribution is 6.10. The molecule has 8 heteroatoms. The van der Waals surface area contributed by atoms with E-state index in [0.29, 0.717) is 37.2 Å². The molecule has 3 amide bonds. The first kappa shape index (κ1) is 25.9. The van der Waals surface area contributed by atoms with Crippen molar-refractivity contribution in [1.29, 1.82) is 0 Å². The summed E-state index contributed by atoms with van der Waals surface area (Å²) in [5, 5.41) is 10.8. The van der Waals surface area contributed by atoms with Gasteiger partial charge in [-0.2, -0.15) is 0 Å². The molecule has 2 aliphatic rings. The molecule has 0 saturated carbocycles. The predicted molar refractivity (Wildman–Crippen MR) is 133 cm³/mol. The molecule has 0 spiro atoms. The molecule has 2 fully saturated rings. The maximum absolute atomic E-state index is 13.7. The van der Waals surface area contributed by atoms with Gasteiger partial charge in [0.1, 0.15) is 5.75 Å². The molecule has 0 aliphatic carbocycles. The van der Waals surface area contributed by atoms with Gasteiger partial charge in [-0.25, -0.2) is 0 Å². The Kier molecular flexibility index (Phi) is 8.06. The van der Waals surface area contributed by atoms with Crippen LogP contribution in [-0.4, -0.2) is 73.1 Å². The highest BCUT2D eigenvalue weighted by atomic mass is 16.5. The standard InChI is InChI=1S/C28H34N2O6/c1-35-16-15-30-25(32)19-28(27(30)34,22-9-6-10-23(17-22)36-2)18-24(31)29-13-11-21(12-14-29)26(33)20-7-4-3-5-8-20/h3-10,17,21,26,33H,11-16,18-19H2,1-2H3/t26-,28+/m1/s1. The number of hydrogen-bond donors (Lipinski definition) is 1. The zero-order valence-electron chi connectivity index (χ0n) is 20.9. The average Bonchev–Trinajstić information content (AvgIpc) is 3.16. The Labute approximate surface area is 211 Å². The minimum absolute atomic E-state index is 0.0584. The highest BCUT2D eigenvalue weighted by Gasteiger charge is 2.54. The first-order valence-corrected chi connectivity index (χ1v) is 12.4. The van der Waals surface area contributed by atoms with Crippen molar-refractivity contribution in [2.75, 3.05) is 40.5 Å². The Morgan fingerprint density at radius 2 is 1.81 bits per heavy atom. The number of methoxy groups -OCH3 is 2. The van der Waals surface area contributed by atoms with E-state index >= 15 is 0 Å². The lowest BCUT2D eigenvalue weighted by Gasteiger charge is -2.36. The Balaban J connectivity index is 1.51. The van der Waals surface area contributed by atoms with Crippen molar-refractivity contribution in [3.8, 4) is 5.75 Å².